The van der Waals surface area contributed by atoms with E-state index in [4.69, 9.17) is 11.6 Å². The van der Waals surface area contributed by atoms with Gasteiger partial charge in [-0.2, -0.15) is 13.2 Å². The van der Waals surface area contributed by atoms with Crippen molar-refractivity contribution in [2.24, 2.45) is 0 Å². The van der Waals surface area contributed by atoms with E-state index in [2.05, 4.69) is 15.0 Å². The molecule has 0 aliphatic rings. The van der Waals surface area contributed by atoms with Crippen LogP contribution in [-0.4, -0.2) is 19.5 Å². The van der Waals surface area contributed by atoms with Crippen LogP contribution >= 0.6 is 11.6 Å². The monoisotopic (exact) mass is 374 g/mol. The molecule has 0 saturated heterocycles. The van der Waals surface area contributed by atoms with Crippen LogP contribution in [0.4, 0.5) is 22.0 Å². The zero-order valence-electron chi connectivity index (χ0n) is 12.2. The fourth-order valence-electron chi connectivity index (χ4n) is 2.11. The van der Waals surface area contributed by atoms with Gasteiger partial charge in [0.15, 0.2) is 17.3 Å². The average molecular weight is 375 g/mol. The Kier molecular flexibility index (Phi) is 4.42. The Labute approximate surface area is 142 Å². The second kappa shape index (κ2) is 6.40. The number of imidazole rings is 1. The Hall–Kier alpha value is -2.55. The van der Waals surface area contributed by atoms with Crippen molar-refractivity contribution in [3.05, 3.63) is 65.0 Å². The quantitative estimate of drug-likeness (QED) is 0.641. The lowest BCUT2D eigenvalue weighted by Gasteiger charge is -2.07. The van der Waals surface area contributed by atoms with E-state index in [1.54, 1.807) is 0 Å². The fourth-order valence-corrected chi connectivity index (χ4v) is 2.21. The van der Waals surface area contributed by atoms with Crippen molar-refractivity contribution in [3.8, 4) is 11.4 Å². The predicted molar refractivity (Wildman–Crippen MR) is 78.7 cm³/mol. The molecule has 3 aromatic rings. The van der Waals surface area contributed by atoms with Crippen LogP contribution in [0.1, 0.15) is 11.5 Å². The summed E-state index contributed by atoms with van der Waals surface area (Å²) in [5.74, 6) is -2.31. The molecule has 0 aliphatic heterocycles. The fraction of sp³-hybridized carbons (Fsp3) is 0.133. The maximum atomic E-state index is 13.4. The van der Waals surface area contributed by atoms with Gasteiger partial charge in [-0.15, -0.1) is 0 Å². The summed E-state index contributed by atoms with van der Waals surface area (Å²) >= 11 is 5.67. The minimum absolute atomic E-state index is 0.0108. The molecule has 0 spiro atoms. The average Bonchev–Trinajstić information content (AvgIpc) is 2.96. The minimum Gasteiger partial charge on any atom is -0.323 e. The molecule has 0 saturated carbocycles. The standard InChI is InChI=1S/C15H8ClF5N4/c16-9-4-22-13(23-5-9)7-25-6-12(15(19,20)21)24-14(25)8-1-2-10(17)11(18)3-8/h1-6H,7H2. The van der Waals surface area contributed by atoms with E-state index in [9.17, 15) is 22.0 Å². The van der Waals surface area contributed by atoms with E-state index in [0.717, 1.165) is 29.0 Å². The van der Waals surface area contributed by atoms with Crippen molar-refractivity contribution < 1.29 is 22.0 Å². The molecule has 0 fully saturated rings. The number of aromatic nitrogens is 4. The highest BCUT2D eigenvalue weighted by molar-refractivity contribution is 6.30. The Balaban J connectivity index is 2.07. The zero-order valence-corrected chi connectivity index (χ0v) is 13.0. The molecule has 4 nitrogen and oxygen atoms in total. The van der Waals surface area contributed by atoms with Gasteiger partial charge in [0.25, 0.3) is 0 Å². The highest BCUT2D eigenvalue weighted by Gasteiger charge is 2.35. The highest BCUT2D eigenvalue weighted by Crippen LogP contribution is 2.31. The molecule has 0 amide bonds. The van der Waals surface area contributed by atoms with Gasteiger partial charge in [-0.25, -0.2) is 23.7 Å². The van der Waals surface area contributed by atoms with Gasteiger partial charge in [0.1, 0.15) is 11.6 Å². The summed E-state index contributed by atoms with van der Waals surface area (Å²) in [6.45, 7) is -0.158. The zero-order chi connectivity index (χ0) is 18.2. The van der Waals surface area contributed by atoms with Crippen LogP contribution in [0.2, 0.25) is 5.02 Å². The first-order chi connectivity index (χ1) is 11.7. The van der Waals surface area contributed by atoms with Crippen LogP contribution in [0.3, 0.4) is 0 Å². The van der Waals surface area contributed by atoms with Crippen LogP contribution < -0.4 is 0 Å². The summed E-state index contributed by atoms with van der Waals surface area (Å²) in [5, 5.41) is 0.270. The van der Waals surface area contributed by atoms with Gasteiger partial charge in [0.05, 0.1) is 11.6 Å². The predicted octanol–water partition coefficient (Wildman–Crippen LogP) is 4.34. The largest absolute Gasteiger partial charge is 0.434 e. The number of rotatable bonds is 3. The molecule has 3 rings (SSSR count). The third-order valence-corrected chi connectivity index (χ3v) is 3.43. The minimum atomic E-state index is -4.70. The first kappa shape index (κ1) is 17.3. The van der Waals surface area contributed by atoms with Crippen LogP contribution in [0.25, 0.3) is 11.4 Å². The molecule has 0 N–H and O–H groups in total. The molecular formula is C15H8ClF5N4. The number of nitrogens with zero attached hydrogens (tertiary/aromatic N) is 4. The summed E-state index contributed by atoms with van der Waals surface area (Å²) in [6, 6.07) is 2.73. The third-order valence-electron chi connectivity index (χ3n) is 3.23. The number of halogens is 6. The maximum absolute atomic E-state index is 13.4. The Morgan fingerprint density at radius 2 is 1.72 bits per heavy atom. The Morgan fingerprint density at radius 3 is 2.32 bits per heavy atom. The van der Waals surface area contributed by atoms with Crippen LogP contribution in [0.5, 0.6) is 0 Å². The number of hydrogen-bond acceptors (Lipinski definition) is 3. The lowest BCUT2D eigenvalue weighted by molar-refractivity contribution is -0.140. The molecule has 0 radical (unpaired) electrons. The van der Waals surface area contributed by atoms with Gasteiger partial charge in [-0.1, -0.05) is 11.6 Å². The van der Waals surface area contributed by atoms with Crippen molar-refractivity contribution in [1.29, 1.82) is 0 Å². The second-order valence-corrected chi connectivity index (χ2v) is 5.46. The second-order valence-electron chi connectivity index (χ2n) is 5.02. The SMILES string of the molecule is Fc1ccc(-c2nc(C(F)(F)F)cn2Cc2ncc(Cl)cn2)cc1F. The van der Waals surface area contributed by atoms with E-state index in [0.29, 0.717) is 0 Å². The third kappa shape index (κ3) is 3.76. The number of hydrogen-bond donors (Lipinski definition) is 0. The molecule has 0 aliphatic carbocycles. The lowest BCUT2D eigenvalue weighted by Crippen LogP contribution is -2.06. The van der Waals surface area contributed by atoms with Crippen molar-refractivity contribution in [2.75, 3.05) is 0 Å². The maximum Gasteiger partial charge on any atom is 0.434 e. The summed E-state index contributed by atoms with van der Waals surface area (Å²) in [5.41, 5.74) is -1.18. The summed E-state index contributed by atoms with van der Waals surface area (Å²) in [7, 11) is 0. The van der Waals surface area contributed by atoms with E-state index in [1.165, 1.54) is 12.4 Å². The van der Waals surface area contributed by atoms with Gasteiger partial charge < -0.3 is 4.57 Å². The van der Waals surface area contributed by atoms with Gasteiger partial charge >= 0.3 is 6.18 Å². The molecule has 25 heavy (non-hydrogen) atoms. The van der Waals surface area contributed by atoms with Crippen molar-refractivity contribution in [3.63, 3.8) is 0 Å². The molecule has 1 aromatic carbocycles. The molecule has 0 atom stereocenters. The number of alkyl halides is 3. The van der Waals surface area contributed by atoms with E-state index >= 15 is 0 Å². The van der Waals surface area contributed by atoms with Crippen LogP contribution in [-0.2, 0) is 12.7 Å². The molecule has 2 aromatic heterocycles. The van der Waals surface area contributed by atoms with Gasteiger partial charge in [0, 0.05) is 24.2 Å². The van der Waals surface area contributed by atoms with E-state index in [-0.39, 0.29) is 28.8 Å². The smallest absolute Gasteiger partial charge is 0.323 e. The number of benzene rings is 1. The van der Waals surface area contributed by atoms with Gasteiger partial charge in [-0.05, 0) is 18.2 Å². The topological polar surface area (TPSA) is 43.6 Å². The van der Waals surface area contributed by atoms with Crippen molar-refractivity contribution in [2.45, 2.75) is 12.7 Å². The van der Waals surface area contributed by atoms with Gasteiger partial charge in [0.2, 0.25) is 0 Å². The van der Waals surface area contributed by atoms with Gasteiger partial charge in [-0.3, -0.25) is 0 Å². The summed E-state index contributed by atoms with van der Waals surface area (Å²) in [6.07, 6.45) is -1.35. The van der Waals surface area contributed by atoms with Crippen LogP contribution in [0.15, 0.2) is 36.8 Å². The highest BCUT2D eigenvalue weighted by atomic mass is 35.5. The van der Waals surface area contributed by atoms with Crippen molar-refractivity contribution in [1.82, 2.24) is 19.5 Å². The lowest BCUT2D eigenvalue weighted by atomic mass is 10.2. The molecule has 2 heterocycles. The Morgan fingerprint density at radius 1 is 1.04 bits per heavy atom. The Bertz CT molecular complexity index is 905. The van der Waals surface area contributed by atoms with E-state index < -0.39 is 23.5 Å². The molecular weight excluding hydrogens is 367 g/mol. The van der Waals surface area contributed by atoms with E-state index in [1.807, 2.05) is 0 Å². The molecule has 0 unspecified atom stereocenters. The molecule has 0 bridgehead atoms. The first-order valence-electron chi connectivity index (χ1n) is 6.80. The van der Waals surface area contributed by atoms with Crippen LogP contribution in [0, 0.1) is 11.6 Å². The first-order valence-corrected chi connectivity index (χ1v) is 7.18. The molecule has 10 heteroatoms. The summed E-state index contributed by atoms with van der Waals surface area (Å²) in [4.78, 5) is 11.3. The summed E-state index contributed by atoms with van der Waals surface area (Å²) < 4.78 is 66.5. The van der Waals surface area contributed by atoms with Crippen molar-refractivity contribution >= 4 is 11.6 Å². The molecule has 130 valence electrons. The normalized spacial score (nSPS) is 11.8.